The van der Waals surface area contributed by atoms with Crippen molar-refractivity contribution in [1.82, 2.24) is 10.3 Å². The molecule has 5 nitrogen and oxygen atoms in total. The van der Waals surface area contributed by atoms with Gasteiger partial charge in [0.05, 0.1) is 15.9 Å². The topological polar surface area (TPSA) is 71.1 Å². The van der Waals surface area contributed by atoms with E-state index >= 15 is 0 Å². The Kier molecular flexibility index (Phi) is 5.87. The first-order valence-electron chi connectivity index (χ1n) is 5.36. The summed E-state index contributed by atoms with van der Waals surface area (Å²) in [6, 6.07) is 1.62. The molecule has 0 saturated carbocycles. The molecule has 7 heteroatoms. The highest BCUT2D eigenvalue weighted by atomic mass is 79.9. The molecule has 0 aromatic carbocycles. The maximum atomic E-state index is 11.7. The third-order valence-corrected chi connectivity index (χ3v) is 4.04. The van der Waals surface area contributed by atoms with Gasteiger partial charge >= 0.3 is 0 Å². The van der Waals surface area contributed by atoms with Gasteiger partial charge in [-0.05, 0) is 41.5 Å². The number of pyridine rings is 1. The second-order valence-corrected chi connectivity index (χ2v) is 6.18. The van der Waals surface area contributed by atoms with Gasteiger partial charge in [-0.25, -0.2) is 8.42 Å². The van der Waals surface area contributed by atoms with Gasteiger partial charge in [-0.2, -0.15) is 0 Å². The third kappa shape index (κ3) is 5.47. The molecule has 0 aliphatic carbocycles. The molecular formula is C10H16BrN3O2S. The molecule has 0 unspecified atom stereocenters. The summed E-state index contributed by atoms with van der Waals surface area (Å²) >= 11 is 3.24. The second-order valence-electron chi connectivity index (χ2n) is 3.48. The molecule has 0 spiro atoms. The zero-order valence-corrected chi connectivity index (χ0v) is 12.0. The predicted molar refractivity (Wildman–Crippen MR) is 72.5 cm³/mol. The molecule has 0 bridgehead atoms. The van der Waals surface area contributed by atoms with Crippen molar-refractivity contribution < 1.29 is 8.42 Å². The zero-order valence-electron chi connectivity index (χ0n) is 9.61. The maximum Gasteiger partial charge on any atom is 0.232 e. The van der Waals surface area contributed by atoms with Gasteiger partial charge in [0.2, 0.25) is 10.0 Å². The van der Waals surface area contributed by atoms with Gasteiger partial charge in [0, 0.05) is 12.4 Å². The second kappa shape index (κ2) is 6.93. The lowest BCUT2D eigenvalue weighted by Crippen LogP contribution is -2.22. The molecule has 1 aromatic rings. The molecule has 0 saturated heterocycles. The summed E-state index contributed by atoms with van der Waals surface area (Å²) in [4.78, 5) is 3.87. The van der Waals surface area contributed by atoms with Crippen LogP contribution >= 0.6 is 15.9 Å². The average molecular weight is 322 g/mol. The Labute approximate surface area is 110 Å². The van der Waals surface area contributed by atoms with Gasteiger partial charge < -0.3 is 5.32 Å². The normalized spacial score (nSPS) is 11.4. The molecule has 0 amide bonds. The van der Waals surface area contributed by atoms with E-state index in [1.807, 2.05) is 6.92 Å². The minimum Gasteiger partial charge on any atom is -0.317 e. The molecule has 0 fully saturated rings. The Morgan fingerprint density at radius 3 is 2.88 bits per heavy atom. The molecular weight excluding hydrogens is 306 g/mol. The number of hydrogen-bond donors (Lipinski definition) is 2. The largest absolute Gasteiger partial charge is 0.317 e. The number of halogens is 1. The molecule has 0 radical (unpaired) electrons. The number of aromatic nitrogens is 1. The number of nitrogens with one attached hydrogen (secondary N) is 2. The van der Waals surface area contributed by atoms with Crippen LogP contribution < -0.4 is 10.0 Å². The summed E-state index contributed by atoms with van der Waals surface area (Å²) in [5, 5.41) is 3.08. The van der Waals surface area contributed by atoms with Gasteiger partial charge in [0.25, 0.3) is 0 Å². The van der Waals surface area contributed by atoms with Gasteiger partial charge in [-0.3, -0.25) is 9.71 Å². The third-order valence-electron chi connectivity index (χ3n) is 2.05. The highest BCUT2D eigenvalue weighted by Crippen LogP contribution is 2.21. The van der Waals surface area contributed by atoms with Crippen molar-refractivity contribution >= 4 is 31.6 Å². The van der Waals surface area contributed by atoms with Crippen molar-refractivity contribution in [3.05, 3.63) is 22.9 Å². The van der Waals surface area contributed by atoms with Crippen LogP contribution in [-0.2, 0) is 10.0 Å². The van der Waals surface area contributed by atoms with E-state index < -0.39 is 10.0 Å². The Morgan fingerprint density at radius 2 is 2.24 bits per heavy atom. The molecule has 1 heterocycles. The summed E-state index contributed by atoms with van der Waals surface area (Å²) in [5.41, 5.74) is 0.517. The van der Waals surface area contributed by atoms with Gasteiger partial charge in [-0.1, -0.05) is 6.92 Å². The molecule has 0 atom stereocenters. The number of hydrogen-bond acceptors (Lipinski definition) is 4. The summed E-state index contributed by atoms with van der Waals surface area (Å²) in [6.45, 7) is 3.54. The van der Waals surface area contributed by atoms with Crippen molar-refractivity contribution in [2.75, 3.05) is 23.6 Å². The number of sulfonamides is 1. The lowest BCUT2D eigenvalue weighted by atomic mass is 10.4. The molecule has 0 aliphatic heterocycles. The van der Waals surface area contributed by atoms with Crippen molar-refractivity contribution in [3.8, 4) is 0 Å². The quantitative estimate of drug-likeness (QED) is 0.748. The standard InChI is InChI=1S/C10H16BrN3O2S/c1-2-12-5-3-7-17(15,16)14-10-4-6-13-8-9(10)11/h4,6,8,12H,2-3,5,7H2,1H3,(H,13,14). The summed E-state index contributed by atoms with van der Waals surface area (Å²) in [5.74, 6) is 0.106. The van der Waals surface area contributed by atoms with Gasteiger partial charge in [-0.15, -0.1) is 0 Å². The summed E-state index contributed by atoms with van der Waals surface area (Å²) < 4.78 is 26.6. The predicted octanol–water partition coefficient (Wildman–Crippen LogP) is 1.59. The number of anilines is 1. The van der Waals surface area contributed by atoms with Gasteiger partial charge in [0.1, 0.15) is 0 Å². The van der Waals surface area contributed by atoms with Crippen molar-refractivity contribution in [2.45, 2.75) is 13.3 Å². The van der Waals surface area contributed by atoms with Crippen LogP contribution in [0.1, 0.15) is 13.3 Å². The smallest absolute Gasteiger partial charge is 0.232 e. The van der Waals surface area contributed by atoms with E-state index in [0.717, 1.165) is 6.54 Å². The summed E-state index contributed by atoms with van der Waals surface area (Å²) in [7, 11) is -3.29. The van der Waals surface area contributed by atoms with Crippen LogP contribution in [0.2, 0.25) is 0 Å². The van der Waals surface area contributed by atoms with E-state index in [9.17, 15) is 8.42 Å². The first-order chi connectivity index (χ1) is 8.05. The van der Waals surface area contributed by atoms with E-state index in [-0.39, 0.29) is 5.75 Å². The van der Waals surface area contributed by atoms with E-state index in [2.05, 4.69) is 31.0 Å². The van der Waals surface area contributed by atoms with E-state index in [0.29, 0.717) is 23.1 Å². The van der Waals surface area contributed by atoms with Crippen LogP contribution in [0.4, 0.5) is 5.69 Å². The van der Waals surface area contributed by atoms with Crippen LogP contribution in [0.15, 0.2) is 22.9 Å². The lowest BCUT2D eigenvalue weighted by molar-refractivity contribution is 0.595. The molecule has 17 heavy (non-hydrogen) atoms. The molecule has 96 valence electrons. The SMILES string of the molecule is CCNCCCS(=O)(=O)Nc1ccncc1Br. The molecule has 1 rings (SSSR count). The van der Waals surface area contributed by atoms with Crippen LogP contribution in [-0.4, -0.2) is 32.2 Å². The average Bonchev–Trinajstić information content (AvgIpc) is 2.28. The molecule has 2 N–H and O–H groups in total. The fraction of sp³-hybridized carbons (Fsp3) is 0.500. The zero-order chi connectivity index (χ0) is 12.7. The monoisotopic (exact) mass is 321 g/mol. The van der Waals surface area contributed by atoms with E-state index in [4.69, 9.17) is 0 Å². The Morgan fingerprint density at radius 1 is 1.47 bits per heavy atom. The Hall–Kier alpha value is -0.660. The lowest BCUT2D eigenvalue weighted by Gasteiger charge is -2.09. The van der Waals surface area contributed by atoms with E-state index in [1.54, 1.807) is 18.5 Å². The molecule has 0 aliphatic rings. The number of rotatable bonds is 7. The first kappa shape index (κ1) is 14.4. The van der Waals surface area contributed by atoms with Crippen LogP contribution in [0.25, 0.3) is 0 Å². The highest BCUT2D eigenvalue weighted by Gasteiger charge is 2.11. The fourth-order valence-corrected chi connectivity index (χ4v) is 2.86. The van der Waals surface area contributed by atoms with Crippen molar-refractivity contribution in [3.63, 3.8) is 0 Å². The minimum atomic E-state index is -3.29. The summed E-state index contributed by atoms with van der Waals surface area (Å²) in [6.07, 6.45) is 3.68. The Bertz CT molecular complexity index is 451. The Balaban J connectivity index is 2.52. The van der Waals surface area contributed by atoms with Crippen LogP contribution in [0.3, 0.4) is 0 Å². The maximum absolute atomic E-state index is 11.7. The minimum absolute atomic E-state index is 0.106. The number of nitrogens with zero attached hydrogens (tertiary/aromatic N) is 1. The van der Waals surface area contributed by atoms with Crippen molar-refractivity contribution in [1.29, 1.82) is 0 Å². The molecule has 1 aromatic heterocycles. The van der Waals surface area contributed by atoms with E-state index in [1.165, 1.54) is 0 Å². The van der Waals surface area contributed by atoms with Crippen LogP contribution in [0.5, 0.6) is 0 Å². The van der Waals surface area contributed by atoms with Crippen molar-refractivity contribution in [2.24, 2.45) is 0 Å². The van der Waals surface area contributed by atoms with Crippen LogP contribution in [0, 0.1) is 0 Å². The van der Waals surface area contributed by atoms with Gasteiger partial charge in [0.15, 0.2) is 0 Å². The first-order valence-corrected chi connectivity index (χ1v) is 7.80. The highest BCUT2D eigenvalue weighted by molar-refractivity contribution is 9.10. The fourth-order valence-electron chi connectivity index (χ4n) is 1.24.